The summed E-state index contributed by atoms with van der Waals surface area (Å²) in [6.45, 7) is 0. The van der Waals surface area contributed by atoms with Gasteiger partial charge in [-0.25, -0.2) is 0 Å². The summed E-state index contributed by atoms with van der Waals surface area (Å²) < 4.78 is 4.98. The van der Waals surface area contributed by atoms with Gasteiger partial charge in [0, 0.05) is 5.92 Å². The fourth-order valence-electron chi connectivity index (χ4n) is 1.48. The zero-order valence-corrected chi connectivity index (χ0v) is 7.64. The lowest BCUT2D eigenvalue weighted by Crippen LogP contribution is -2.08. The summed E-state index contributed by atoms with van der Waals surface area (Å²) in [6, 6.07) is 0.295. The Labute approximate surface area is 75.7 Å². The summed E-state index contributed by atoms with van der Waals surface area (Å²) in [6.07, 6.45) is 4.10. The van der Waals surface area contributed by atoms with Crippen molar-refractivity contribution in [1.29, 1.82) is 0 Å². The predicted octanol–water partition coefficient (Wildman–Crippen LogP) is 1.87. The Hall–Kier alpha value is -0.640. The van der Waals surface area contributed by atoms with Crippen LogP contribution in [0.15, 0.2) is 10.7 Å². The zero-order chi connectivity index (χ0) is 8.39. The summed E-state index contributed by atoms with van der Waals surface area (Å²) in [4.78, 5) is 4.14. The number of oxazole rings is 1. The van der Waals surface area contributed by atoms with Gasteiger partial charge in [0.25, 0.3) is 6.01 Å². The standard InChI is InChI=1S/C8H12N2OS/c9-8-10-7(5-11-8)6-1-3-12-4-2-6/h5-6H,1-4H2,(H2,9,10). The minimum atomic E-state index is 0.295. The van der Waals surface area contributed by atoms with Gasteiger partial charge in [0.05, 0.1) is 5.69 Å². The van der Waals surface area contributed by atoms with Gasteiger partial charge in [0.15, 0.2) is 0 Å². The van der Waals surface area contributed by atoms with Crippen LogP contribution in [0.1, 0.15) is 24.5 Å². The molecule has 1 aromatic rings. The van der Waals surface area contributed by atoms with Crippen LogP contribution in [0.25, 0.3) is 0 Å². The molecule has 0 amide bonds. The Balaban J connectivity index is 2.08. The molecule has 3 nitrogen and oxygen atoms in total. The van der Waals surface area contributed by atoms with Crippen molar-refractivity contribution in [3.05, 3.63) is 12.0 Å². The van der Waals surface area contributed by atoms with E-state index in [9.17, 15) is 0 Å². The van der Waals surface area contributed by atoms with E-state index in [1.54, 1.807) is 6.26 Å². The van der Waals surface area contributed by atoms with Crippen LogP contribution in [0.3, 0.4) is 0 Å². The van der Waals surface area contributed by atoms with Crippen LogP contribution in [0.5, 0.6) is 0 Å². The predicted molar refractivity (Wildman–Crippen MR) is 50.2 cm³/mol. The molecule has 1 aliphatic heterocycles. The smallest absolute Gasteiger partial charge is 0.292 e. The van der Waals surface area contributed by atoms with Gasteiger partial charge >= 0.3 is 0 Å². The molecule has 2 N–H and O–H groups in total. The monoisotopic (exact) mass is 184 g/mol. The molecular formula is C8H12N2OS. The largest absolute Gasteiger partial charge is 0.432 e. The summed E-state index contributed by atoms with van der Waals surface area (Å²) >= 11 is 2.01. The first-order chi connectivity index (χ1) is 5.86. The maximum atomic E-state index is 5.40. The van der Waals surface area contributed by atoms with Gasteiger partial charge in [-0.3, -0.25) is 0 Å². The molecule has 4 heteroatoms. The lowest BCUT2D eigenvalue weighted by molar-refractivity contribution is 0.567. The van der Waals surface area contributed by atoms with E-state index in [2.05, 4.69) is 4.98 Å². The van der Waals surface area contributed by atoms with Crippen LogP contribution in [0, 0.1) is 0 Å². The van der Waals surface area contributed by atoms with Gasteiger partial charge in [-0.1, -0.05) is 0 Å². The van der Waals surface area contributed by atoms with Gasteiger partial charge in [0.1, 0.15) is 6.26 Å². The van der Waals surface area contributed by atoms with Crippen LogP contribution in [-0.4, -0.2) is 16.5 Å². The van der Waals surface area contributed by atoms with E-state index in [1.165, 1.54) is 24.3 Å². The first kappa shape index (κ1) is 7.98. The molecule has 0 unspecified atom stereocenters. The normalized spacial score (nSPS) is 19.7. The number of anilines is 1. The number of hydrogen-bond donors (Lipinski definition) is 1. The first-order valence-electron chi connectivity index (χ1n) is 4.15. The molecule has 1 saturated heterocycles. The molecule has 1 aliphatic rings. The van der Waals surface area contributed by atoms with Crippen LogP contribution in [-0.2, 0) is 0 Å². The van der Waals surface area contributed by atoms with Crippen molar-refractivity contribution in [3.8, 4) is 0 Å². The number of hydrogen-bond acceptors (Lipinski definition) is 4. The van der Waals surface area contributed by atoms with E-state index in [1.807, 2.05) is 11.8 Å². The van der Waals surface area contributed by atoms with E-state index >= 15 is 0 Å². The quantitative estimate of drug-likeness (QED) is 0.724. The SMILES string of the molecule is Nc1nc(C2CCSCC2)co1. The third-order valence-corrected chi connectivity index (χ3v) is 3.23. The zero-order valence-electron chi connectivity index (χ0n) is 6.82. The molecule has 0 spiro atoms. The second-order valence-corrected chi connectivity index (χ2v) is 4.22. The van der Waals surface area contributed by atoms with Crippen LogP contribution in [0.2, 0.25) is 0 Å². The lowest BCUT2D eigenvalue weighted by Gasteiger charge is -2.18. The summed E-state index contributed by atoms with van der Waals surface area (Å²) in [5.41, 5.74) is 6.44. The van der Waals surface area contributed by atoms with Crippen molar-refractivity contribution in [2.75, 3.05) is 17.2 Å². The van der Waals surface area contributed by atoms with Crippen molar-refractivity contribution in [2.45, 2.75) is 18.8 Å². The number of aromatic nitrogens is 1. The fourth-order valence-corrected chi connectivity index (χ4v) is 2.59. The van der Waals surface area contributed by atoms with Gasteiger partial charge in [-0.05, 0) is 24.3 Å². The van der Waals surface area contributed by atoms with Crippen LogP contribution >= 0.6 is 11.8 Å². The van der Waals surface area contributed by atoms with Crippen molar-refractivity contribution in [2.24, 2.45) is 0 Å². The molecular weight excluding hydrogens is 172 g/mol. The molecule has 2 heterocycles. The Morgan fingerprint density at radius 3 is 2.83 bits per heavy atom. The summed E-state index contributed by atoms with van der Waals surface area (Å²) in [5, 5.41) is 0. The number of nitrogens with zero attached hydrogens (tertiary/aromatic N) is 1. The molecule has 1 aromatic heterocycles. The fraction of sp³-hybridized carbons (Fsp3) is 0.625. The lowest BCUT2D eigenvalue weighted by atomic mass is 10.00. The van der Waals surface area contributed by atoms with Gasteiger partial charge in [-0.15, -0.1) is 0 Å². The molecule has 0 bridgehead atoms. The minimum Gasteiger partial charge on any atom is -0.432 e. The molecule has 12 heavy (non-hydrogen) atoms. The highest BCUT2D eigenvalue weighted by Gasteiger charge is 2.18. The first-order valence-corrected chi connectivity index (χ1v) is 5.30. The van der Waals surface area contributed by atoms with Gasteiger partial charge < -0.3 is 10.2 Å². The Bertz CT molecular complexity index is 255. The van der Waals surface area contributed by atoms with E-state index in [0.717, 1.165) is 5.69 Å². The third-order valence-electron chi connectivity index (χ3n) is 2.18. The van der Waals surface area contributed by atoms with Crippen LogP contribution in [0.4, 0.5) is 6.01 Å². The highest BCUT2D eigenvalue weighted by atomic mass is 32.2. The Morgan fingerprint density at radius 1 is 1.50 bits per heavy atom. The average molecular weight is 184 g/mol. The van der Waals surface area contributed by atoms with Gasteiger partial charge in [0.2, 0.25) is 0 Å². The highest BCUT2D eigenvalue weighted by Crippen LogP contribution is 2.30. The van der Waals surface area contributed by atoms with E-state index in [0.29, 0.717) is 11.9 Å². The van der Waals surface area contributed by atoms with Crippen molar-refractivity contribution in [3.63, 3.8) is 0 Å². The summed E-state index contributed by atoms with van der Waals surface area (Å²) in [7, 11) is 0. The Kier molecular flexibility index (Phi) is 2.26. The molecule has 0 aliphatic carbocycles. The van der Waals surface area contributed by atoms with E-state index < -0.39 is 0 Å². The number of rotatable bonds is 1. The molecule has 66 valence electrons. The second-order valence-electron chi connectivity index (χ2n) is 3.00. The number of nitrogen functional groups attached to an aromatic ring is 1. The molecule has 0 saturated carbocycles. The molecule has 0 atom stereocenters. The van der Waals surface area contributed by atoms with Crippen molar-refractivity contribution >= 4 is 17.8 Å². The Morgan fingerprint density at radius 2 is 2.25 bits per heavy atom. The number of nitrogens with two attached hydrogens (primary N) is 1. The molecule has 2 rings (SSSR count). The van der Waals surface area contributed by atoms with Crippen molar-refractivity contribution in [1.82, 2.24) is 4.98 Å². The number of thioether (sulfide) groups is 1. The maximum Gasteiger partial charge on any atom is 0.292 e. The van der Waals surface area contributed by atoms with Crippen molar-refractivity contribution < 1.29 is 4.42 Å². The molecule has 1 fully saturated rings. The third kappa shape index (κ3) is 1.58. The topological polar surface area (TPSA) is 52.0 Å². The maximum absolute atomic E-state index is 5.40. The van der Waals surface area contributed by atoms with E-state index in [4.69, 9.17) is 10.2 Å². The van der Waals surface area contributed by atoms with Crippen LogP contribution < -0.4 is 5.73 Å². The highest BCUT2D eigenvalue weighted by molar-refractivity contribution is 7.99. The van der Waals surface area contributed by atoms with E-state index in [-0.39, 0.29) is 0 Å². The average Bonchev–Trinajstić information content (AvgIpc) is 2.54. The molecule has 0 aromatic carbocycles. The summed E-state index contributed by atoms with van der Waals surface area (Å²) in [5.74, 6) is 3.04. The van der Waals surface area contributed by atoms with Gasteiger partial charge in [-0.2, -0.15) is 16.7 Å². The second kappa shape index (κ2) is 3.39. The minimum absolute atomic E-state index is 0.295. The molecule has 0 radical (unpaired) electrons.